The molecule has 1 heterocycles. The topological polar surface area (TPSA) is 26.3 Å². The average molecular weight is 184 g/mol. The number of ketones is 1. The van der Waals surface area contributed by atoms with Crippen LogP contribution in [0.25, 0.3) is 0 Å². The van der Waals surface area contributed by atoms with Crippen molar-refractivity contribution >= 4 is 5.78 Å². The maximum Gasteiger partial charge on any atom is 0.164 e. The monoisotopic (exact) mass is 184 g/mol. The van der Waals surface area contributed by atoms with Crippen molar-refractivity contribution in [3.05, 3.63) is 0 Å². The fraction of sp³-hybridized carbons (Fsp3) is 0.909. The zero-order chi connectivity index (χ0) is 10.0. The van der Waals surface area contributed by atoms with Gasteiger partial charge in [0.1, 0.15) is 6.10 Å². The van der Waals surface area contributed by atoms with Gasteiger partial charge < -0.3 is 4.74 Å². The molecule has 3 unspecified atom stereocenters. The first-order valence-electron chi connectivity index (χ1n) is 5.19. The van der Waals surface area contributed by atoms with E-state index in [9.17, 15) is 4.79 Å². The number of Topliss-reactive ketones (excluding diaryl/α,β-unsaturated/α-hetero) is 1. The number of hydrogen-bond donors (Lipinski definition) is 0. The molecule has 0 bridgehead atoms. The van der Waals surface area contributed by atoms with Gasteiger partial charge in [-0.15, -0.1) is 0 Å². The van der Waals surface area contributed by atoms with E-state index in [0.717, 1.165) is 13.0 Å². The fourth-order valence-electron chi connectivity index (χ4n) is 1.65. The molecule has 1 fully saturated rings. The molecule has 0 spiro atoms. The van der Waals surface area contributed by atoms with Crippen LogP contribution in [0.5, 0.6) is 0 Å². The fourth-order valence-corrected chi connectivity index (χ4v) is 1.65. The van der Waals surface area contributed by atoms with Gasteiger partial charge in [0.05, 0.1) is 0 Å². The minimum absolute atomic E-state index is 0.127. The third-order valence-electron chi connectivity index (χ3n) is 3.12. The lowest BCUT2D eigenvalue weighted by Gasteiger charge is -2.20. The van der Waals surface area contributed by atoms with Crippen LogP contribution in [0.2, 0.25) is 0 Å². The summed E-state index contributed by atoms with van der Waals surface area (Å²) in [7, 11) is 0. The summed E-state index contributed by atoms with van der Waals surface area (Å²) in [5.41, 5.74) is 0. The van der Waals surface area contributed by atoms with Crippen LogP contribution in [0.3, 0.4) is 0 Å². The summed E-state index contributed by atoms with van der Waals surface area (Å²) in [5, 5.41) is 0. The Bertz CT molecular complexity index is 187. The molecule has 0 radical (unpaired) electrons. The van der Waals surface area contributed by atoms with E-state index >= 15 is 0 Å². The van der Waals surface area contributed by atoms with Crippen LogP contribution < -0.4 is 0 Å². The van der Waals surface area contributed by atoms with Crippen molar-refractivity contribution in [3.8, 4) is 0 Å². The van der Waals surface area contributed by atoms with Crippen molar-refractivity contribution in [1.82, 2.24) is 0 Å². The van der Waals surface area contributed by atoms with Gasteiger partial charge in [-0.25, -0.2) is 0 Å². The van der Waals surface area contributed by atoms with Crippen molar-refractivity contribution < 1.29 is 9.53 Å². The normalized spacial score (nSPS) is 30.8. The predicted molar refractivity (Wildman–Crippen MR) is 52.5 cm³/mol. The number of carbonyl (C=O) groups excluding carboxylic acids is 1. The molecule has 2 nitrogen and oxygen atoms in total. The first kappa shape index (κ1) is 10.7. The Labute approximate surface area is 80.7 Å². The van der Waals surface area contributed by atoms with Gasteiger partial charge in [0, 0.05) is 12.5 Å². The molecule has 2 heteroatoms. The maximum absolute atomic E-state index is 11.9. The molecule has 0 aliphatic carbocycles. The molecule has 1 saturated heterocycles. The molecule has 76 valence electrons. The largest absolute Gasteiger partial charge is 0.370 e. The molecule has 0 aromatic heterocycles. The number of hydrogen-bond acceptors (Lipinski definition) is 2. The molecule has 0 amide bonds. The molecule has 0 aromatic rings. The van der Waals surface area contributed by atoms with E-state index in [1.165, 1.54) is 0 Å². The van der Waals surface area contributed by atoms with E-state index in [2.05, 4.69) is 20.8 Å². The first-order valence-corrected chi connectivity index (χ1v) is 5.19. The van der Waals surface area contributed by atoms with Crippen LogP contribution in [-0.4, -0.2) is 18.5 Å². The summed E-state index contributed by atoms with van der Waals surface area (Å²) < 4.78 is 5.45. The van der Waals surface area contributed by atoms with Crippen molar-refractivity contribution in [2.75, 3.05) is 6.61 Å². The molecule has 1 aliphatic heterocycles. The minimum Gasteiger partial charge on any atom is -0.370 e. The summed E-state index contributed by atoms with van der Waals surface area (Å²) in [6.07, 6.45) is 0.902. The van der Waals surface area contributed by atoms with Crippen molar-refractivity contribution in [2.45, 2.75) is 40.2 Å². The zero-order valence-electron chi connectivity index (χ0n) is 9.04. The Kier molecular flexibility index (Phi) is 3.48. The van der Waals surface area contributed by atoms with Gasteiger partial charge in [0.15, 0.2) is 5.78 Å². The van der Waals surface area contributed by atoms with Gasteiger partial charge in [-0.2, -0.15) is 0 Å². The highest BCUT2D eigenvalue weighted by molar-refractivity contribution is 5.85. The van der Waals surface area contributed by atoms with Crippen molar-refractivity contribution in [1.29, 1.82) is 0 Å². The zero-order valence-corrected chi connectivity index (χ0v) is 9.04. The quantitative estimate of drug-likeness (QED) is 0.672. The molecule has 13 heavy (non-hydrogen) atoms. The highest BCUT2D eigenvalue weighted by Crippen LogP contribution is 2.25. The van der Waals surface area contributed by atoms with E-state index < -0.39 is 0 Å². The Morgan fingerprint density at radius 3 is 2.38 bits per heavy atom. The van der Waals surface area contributed by atoms with Gasteiger partial charge in [-0.1, -0.05) is 27.7 Å². The Balaban J connectivity index is 2.56. The highest BCUT2D eigenvalue weighted by atomic mass is 16.5. The first-order chi connectivity index (χ1) is 6.04. The highest BCUT2D eigenvalue weighted by Gasteiger charge is 2.34. The van der Waals surface area contributed by atoms with E-state index in [1.54, 1.807) is 0 Å². The van der Waals surface area contributed by atoms with Crippen LogP contribution >= 0.6 is 0 Å². The van der Waals surface area contributed by atoms with Crippen molar-refractivity contribution in [3.63, 3.8) is 0 Å². The number of carbonyl (C=O) groups is 1. The lowest BCUT2D eigenvalue weighted by molar-refractivity contribution is -0.134. The van der Waals surface area contributed by atoms with E-state index in [4.69, 9.17) is 4.74 Å². The molecule has 3 atom stereocenters. The lowest BCUT2D eigenvalue weighted by atomic mass is 9.87. The van der Waals surface area contributed by atoms with Crippen LogP contribution in [0.1, 0.15) is 34.1 Å². The predicted octanol–water partition coefficient (Wildman–Crippen LogP) is 2.27. The molecule has 1 aliphatic rings. The third-order valence-corrected chi connectivity index (χ3v) is 3.12. The Morgan fingerprint density at radius 2 is 2.00 bits per heavy atom. The number of ether oxygens (including phenoxy) is 1. The van der Waals surface area contributed by atoms with Gasteiger partial charge in [0.2, 0.25) is 0 Å². The second kappa shape index (κ2) is 4.23. The van der Waals surface area contributed by atoms with E-state index in [1.807, 2.05) is 6.92 Å². The lowest BCUT2D eigenvalue weighted by Crippen LogP contribution is -2.32. The molecule has 0 N–H and O–H groups in total. The molecular formula is C11H20O2. The third kappa shape index (κ3) is 2.31. The minimum atomic E-state index is -0.127. The molecule has 0 saturated carbocycles. The molecule has 1 rings (SSSR count). The Morgan fingerprint density at radius 1 is 1.38 bits per heavy atom. The summed E-state index contributed by atoms with van der Waals surface area (Å²) in [6, 6.07) is 0. The van der Waals surface area contributed by atoms with E-state index in [-0.39, 0.29) is 12.0 Å². The smallest absolute Gasteiger partial charge is 0.164 e. The van der Waals surface area contributed by atoms with E-state index in [0.29, 0.717) is 17.6 Å². The Hall–Kier alpha value is -0.370. The molecular weight excluding hydrogens is 164 g/mol. The van der Waals surface area contributed by atoms with Gasteiger partial charge in [-0.3, -0.25) is 4.79 Å². The molecule has 0 aromatic carbocycles. The summed E-state index contributed by atoms with van der Waals surface area (Å²) in [5.74, 6) is 1.25. The second-order valence-electron chi connectivity index (χ2n) is 4.49. The van der Waals surface area contributed by atoms with Gasteiger partial charge in [-0.05, 0) is 18.3 Å². The van der Waals surface area contributed by atoms with Gasteiger partial charge >= 0.3 is 0 Å². The second-order valence-corrected chi connectivity index (χ2v) is 4.49. The SMILES string of the molecule is CC(C)C(C)C(=O)C1OCCC1C. The summed E-state index contributed by atoms with van der Waals surface area (Å²) in [4.78, 5) is 11.9. The summed E-state index contributed by atoms with van der Waals surface area (Å²) in [6.45, 7) is 9.02. The van der Waals surface area contributed by atoms with Crippen LogP contribution in [0, 0.1) is 17.8 Å². The van der Waals surface area contributed by atoms with Crippen LogP contribution in [0.15, 0.2) is 0 Å². The number of rotatable bonds is 3. The standard InChI is InChI=1S/C11H20O2/c1-7(2)9(4)10(12)11-8(3)5-6-13-11/h7-9,11H,5-6H2,1-4H3. The summed E-state index contributed by atoms with van der Waals surface area (Å²) >= 11 is 0. The van der Waals surface area contributed by atoms with Crippen LogP contribution in [0.4, 0.5) is 0 Å². The average Bonchev–Trinajstić information content (AvgIpc) is 2.48. The van der Waals surface area contributed by atoms with Crippen LogP contribution in [-0.2, 0) is 9.53 Å². The maximum atomic E-state index is 11.9. The van der Waals surface area contributed by atoms with Crippen molar-refractivity contribution in [2.24, 2.45) is 17.8 Å². The van der Waals surface area contributed by atoms with Gasteiger partial charge in [0.25, 0.3) is 0 Å².